The van der Waals surface area contributed by atoms with Crippen molar-refractivity contribution in [1.29, 1.82) is 0 Å². The molecule has 1 aliphatic rings. The minimum absolute atomic E-state index is 0.0142. The predicted octanol–water partition coefficient (Wildman–Crippen LogP) is 1.24. The Labute approximate surface area is 153 Å². The summed E-state index contributed by atoms with van der Waals surface area (Å²) in [4.78, 5) is 24.1. The molecule has 0 aliphatic carbocycles. The number of rotatable bonds is 3. The maximum Gasteiger partial charge on any atom is 0.237 e. The van der Waals surface area contributed by atoms with Crippen molar-refractivity contribution < 1.29 is 9.18 Å². The van der Waals surface area contributed by atoms with E-state index in [1.165, 1.54) is 23.1 Å². The Morgan fingerprint density at radius 2 is 2.00 bits per heavy atom. The van der Waals surface area contributed by atoms with Gasteiger partial charge in [0, 0.05) is 26.2 Å². The third kappa shape index (κ3) is 2.94. The van der Waals surface area contributed by atoms with Crippen LogP contribution in [0.3, 0.4) is 0 Å². The summed E-state index contributed by atoms with van der Waals surface area (Å²) in [5.74, 6) is 0.201. The van der Waals surface area contributed by atoms with E-state index in [4.69, 9.17) is 11.6 Å². The number of piperazine rings is 1. The van der Waals surface area contributed by atoms with Crippen LogP contribution in [0.1, 0.15) is 0 Å². The summed E-state index contributed by atoms with van der Waals surface area (Å²) in [6.07, 6.45) is 1.44. The molecule has 3 aromatic rings. The highest BCUT2D eigenvalue weighted by molar-refractivity contribution is 6.27. The van der Waals surface area contributed by atoms with Gasteiger partial charge < -0.3 is 9.80 Å². The van der Waals surface area contributed by atoms with Crippen LogP contribution in [0, 0.1) is 5.82 Å². The first-order valence-electron chi connectivity index (χ1n) is 8.08. The highest BCUT2D eigenvalue weighted by Crippen LogP contribution is 2.23. The van der Waals surface area contributed by atoms with Crippen LogP contribution in [0.4, 0.5) is 10.2 Å². The number of nitrogens with zero attached hydrogens (tertiary/aromatic N) is 7. The van der Waals surface area contributed by atoms with Crippen LogP contribution in [0.25, 0.3) is 16.9 Å². The van der Waals surface area contributed by atoms with Gasteiger partial charge in [-0.2, -0.15) is 4.68 Å². The zero-order valence-electron chi connectivity index (χ0n) is 13.7. The Kier molecular flexibility index (Phi) is 4.37. The van der Waals surface area contributed by atoms with E-state index in [9.17, 15) is 9.18 Å². The number of carbonyl (C=O) groups excluding carboxylic acids is 1. The van der Waals surface area contributed by atoms with E-state index in [0.29, 0.717) is 48.8 Å². The fraction of sp³-hybridized carbons (Fsp3) is 0.312. The third-order valence-corrected chi connectivity index (χ3v) is 4.55. The third-order valence-electron chi connectivity index (χ3n) is 4.32. The monoisotopic (exact) mass is 375 g/mol. The highest BCUT2D eigenvalue weighted by Gasteiger charge is 2.24. The van der Waals surface area contributed by atoms with Crippen molar-refractivity contribution in [1.82, 2.24) is 29.9 Å². The molecule has 2 aromatic heterocycles. The molecular weight excluding hydrogens is 361 g/mol. The summed E-state index contributed by atoms with van der Waals surface area (Å²) >= 11 is 5.62. The number of alkyl halides is 1. The number of fused-ring (bicyclic) bond motifs is 1. The maximum atomic E-state index is 13.5. The molecule has 1 amide bonds. The lowest BCUT2D eigenvalue weighted by molar-refractivity contribution is -0.128. The van der Waals surface area contributed by atoms with Gasteiger partial charge in [-0.3, -0.25) is 4.79 Å². The Morgan fingerprint density at radius 1 is 1.19 bits per heavy atom. The Bertz CT molecular complexity index is 955. The minimum atomic E-state index is -0.361. The van der Waals surface area contributed by atoms with Crippen LogP contribution in [-0.2, 0) is 4.79 Å². The number of halogens is 2. The fourth-order valence-corrected chi connectivity index (χ4v) is 3.17. The topological polar surface area (TPSA) is 80.0 Å². The number of carbonyl (C=O) groups is 1. The van der Waals surface area contributed by atoms with Gasteiger partial charge in [0.25, 0.3) is 0 Å². The quantitative estimate of drug-likeness (QED) is 0.641. The molecule has 8 nitrogen and oxygen atoms in total. The van der Waals surface area contributed by atoms with E-state index in [1.54, 1.807) is 17.0 Å². The Morgan fingerprint density at radius 3 is 2.73 bits per heavy atom. The summed E-state index contributed by atoms with van der Waals surface area (Å²) in [7, 11) is 0. The van der Waals surface area contributed by atoms with E-state index in [-0.39, 0.29) is 17.6 Å². The first-order valence-corrected chi connectivity index (χ1v) is 8.62. The molecule has 134 valence electrons. The van der Waals surface area contributed by atoms with Crippen molar-refractivity contribution >= 4 is 34.5 Å². The van der Waals surface area contributed by atoms with Gasteiger partial charge in [0.2, 0.25) is 5.91 Å². The standard InChI is InChI=1S/C16H15ClFN7O/c17-9-13(26)23-4-6-24(7-5-23)15-14-16(20-10-19-15)25(22-21-14)12-3-1-2-11(18)8-12/h1-3,8,10H,4-7,9H2. The normalized spacial score (nSPS) is 14.8. The number of hydrogen-bond acceptors (Lipinski definition) is 6. The van der Waals surface area contributed by atoms with Gasteiger partial charge in [-0.1, -0.05) is 11.3 Å². The summed E-state index contributed by atoms with van der Waals surface area (Å²) in [6.45, 7) is 2.35. The first kappa shape index (κ1) is 16.6. The average molecular weight is 376 g/mol. The zero-order valence-corrected chi connectivity index (χ0v) is 14.5. The highest BCUT2D eigenvalue weighted by atomic mass is 35.5. The second-order valence-corrected chi connectivity index (χ2v) is 6.12. The van der Waals surface area contributed by atoms with Crippen LogP contribution in [-0.4, -0.2) is 67.8 Å². The molecule has 1 aliphatic heterocycles. The lowest BCUT2D eigenvalue weighted by atomic mass is 10.3. The van der Waals surface area contributed by atoms with Gasteiger partial charge in [0.15, 0.2) is 17.0 Å². The number of aromatic nitrogens is 5. The van der Waals surface area contributed by atoms with Crippen molar-refractivity contribution in [2.45, 2.75) is 0 Å². The van der Waals surface area contributed by atoms with Gasteiger partial charge >= 0.3 is 0 Å². The number of amides is 1. The summed E-state index contributed by atoms with van der Waals surface area (Å²) in [5, 5.41) is 8.30. The molecule has 0 spiro atoms. The van der Waals surface area contributed by atoms with Gasteiger partial charge in [-0.25, -0.2) is 14.4 Å². The molecule has 1 saturated heterocycles. The predicted molar refractivity (Wildman–Crippen MR) is 93.9 cm³/mol. The molecule has 1 fully saturated rings. The van der Waals surface area contributed by atoms with Crippen LogP contribution in [0.2, 0.25) is 0 Å². The van der Waals surface area contributed by atoms with Crippen molar-refractivity contribution in [3.63, 3.8) is 0 Å². The fourth-order valence-electron chi connectivity index (χ4n) is 3.00. The van der Waals surface area contributed by atoms with Gasteiger partial charge in [0.05, 0.1) is 5.69 Å². The van der Waals surface area contributed by atoms with E-state index < -0.39 is 0 Å². The SMILES string of the molecule is O=C(CCl)N1CCN(c2ncnc3c2nnn3-c2cccc(F)c2)CC1. The molecule has 26 heavy (non-hydrogen) atoms. The average Bonchev–Trinajstić information content (AvgIpc) is 3.12. The first-order chi connectivity index (χ1) is 12.7. The number of anilines is 1. The zero-order chi connectivity index (χ0) is 18.1. The molecule has 0 N–H and O–H groups in total. The van der Waals surface area contributed by atoms with E-state index in [2.05, 4.69) is 20.3 Å². The molecule has 0 bridgehead atoms. The molecule has 3 heterocycles. The molecule has 0 radical (unpaired) electrons. The number of hydrogen-bond donors (Lipinski definition) is 0. The van der Waals surface area contributed by atoms with Crippen LogP contribution in [0.15, 0.2) is 30.6 Å². The lowest BCUT2D eigenvalue weighted by Gasteiger charge is -2.35. The molecule has 4 rings (SSSR count). The summed E-state index contributed by atoms with van der Waals surface area (Å²) in [5.41, 5.74) is 1.57. The summed E-state index contributed by atoms with van der Waals surface area (Å²) < 4.78 is 15.0. The second kappa shape index (κ2) is 6.83. The van der Waals surface area contributed by atoms with Gasteiger partial charge in [-0.15, -0.1) is 16.7 Å². The molecule has 0 atom stereocenters. The van der Waals surface area contributed by atoms with Crippen LogP contribution in [0.5, 0.6) is 0 Å². The number of benzene rings is 1. The van der Waals surface area contributed by atoms with E-state index >= 15 is 0 Å². The van der Waals surface area contributed by atoms with Crippen molar-refractivity contribution in [3.05, 3.63) is 36.4 Å². The molecule has 1 aromatic carbocycles. The second-order valence-electron chi connectivity index (χ2n) is 5.85. The maximum absolute atomic E-state index is 13.5. The lowest BCUT2D eigenvalue weighted by Crippen LogP contribution is -2.49. The minimum Gasteiger partial charge on any atom is -0.351 e. The molecule has 0 saturated carbocycles. The summed E-state index contributed by atoms with van der Waals surface area (Å²) in [6, 6.07) is 6.07. The molecule has 0 unspecified atom stereocenters. The van der Waals surface area contributed by atoms with Crippen LogP contribution < -0.4 is 4.90 Å². The largest absolute Gasteiger partial charge is 0.351 e. The van der Waals surface area contributed by atoms with Gasteiger partial charge in [-0.05, 0) is 18.2 Å². The van der Waals surface area contributed by atoms with Crippen molar-refractivity contribution in [2.24, 2.45) is 0 Å². The molecule has 10 heteroatoms. The van der Waals surface area contributed by atoms with Crippen molar-refractivity contribution in [2.75, 3.05) is 37.0 Å². The van der Waals surface area contributed by atoms with Gasteiger partial charge in [0.1, 0.15) is 18.0 Å². The Hall–Kier alpha value is -2.81. The molecular formula is C16H15ClFN7O. The van der Waals surface area contributed by atoms with E-state index in [1.807, 2.05) is 4.90 Å². The Balaban J connectivity index is 1.65. The van der Waals surface area contributed by atoms with Crippen LogP contribution >= 0.6 is 11.6 Å². The van der Waals surface area contributed by atoms with E-state index in [0.717, 1.165) is 0 Å². The smallest absolute Gasteiger partial charge is 0.237 e. The van der Waals surface area contributed by atoms with Crippen molar-refractivity contribution in [3.8, 4) is 5.69 Å².